The van der Waals surface area contributed by atoms with Crippen molar-refractivity contribution >= 4 is 28.8 Å². The highest BCUT2D eigenvalue weighted by molar-refractivity contribution is 7.17. The summed E-state index contributed by atoms with van der Waals surface area (Å²) in [5, 5.41) is 7.39. The van der Waals surface area contributed by atoms with Crippen LogP contribution in [0.5, 0.6) is 0 Å². The molecule has 114 valence electrons. The fraction of sp³-hybridized carbons (Fsp3) is 0.353. The lowest BCUT2D eigenvalue weighted by Crippen LogP contribution is -2.43. The molecular weight excluding hydrogens is 316 g/mol. The predicted octanol–water partition coefficient (Wildman–Crippen LogP) is 3.55. The molecule has 2 N–H and O–H groups in total. The van der Waals surface area contributed by atoms with Crippen LogP contribution < -0.4 is 10.6 Å². The van der Waals surface area contributed by atoms with Gasteiger partial charge in [0.15, 0.2) is 0 Å². The van der Waals surface area contributed by atoms with Crippen molar-refractivity contribution in [2.75, 3.05) is 6.54 Å². The number of rotatable bonds is 3. The Hall–Kier alpha value is -1.36. The predicted molar refractivity (Wildman–Crippen MR) is 90.5 cm³/mol. The third-order valence-corrected chi connectivity index (χ3v) is 5.99. The van der Waals surface area contributed by atoms with Crippen molar-refractivity contribution in [1.82, 2.24) is 10.6 Å². The molecule has 1 aliphatic carbocycles. The zero-order valence-corrected chi connectivity index (χ0v) is 13.6. The molecule has 1 aromatic carbocycles. The number of hydrogen-bond acceptors (Lipinski definition) is 3. The maximum absolute atomic E-state index is 12.4. The van der Waals surface area contributed by atoms with E-state index in [1.54, 1.807) is 0 Å². The van der Waals surface area contributed by atoms with Crippen LogP contribution in [0.1, 0.15) is 22.5 Å². The zero-order valence-electron chi connectivity index (χ0n) is 12.0. The summed E-state index contributed by atoms with van der Waals surface area (Å²) in [6, 6.07) is 12.6. The number of nitrogens with one attached hydrogen (secondary N) is 2. The van der Waals surface area contributed by atoms with Gasteiger partial charge in [-0.25, -0.2) is 0 Å². The van der Waals surface area contributed by atoms with Gasteiger partial charge in [0.1, 0.15) is 0 Å². The fourth-order valence-corrected chi connectivity index (χ4v) is 4.60. The number of fused-ring (bicyclic) bond motifs is 2. The Balaban J connectivity index is 1.48. The first-order valence-corrected chi connectivity index (χ1v) is 8.78. The van der Waals surface area contributed by atoms with Crippen molar-refractivity contribution in [3.63, 3.8) is 0 Å². The minimum Gasteiger partial charge on any atom is -0.348 e. The fourth-order valence-electron chi connectivity index (χ4n) is 3.51. The Morgan fingerprint density at radius 3 is 2.91 bits per heavy atom. The molecule has 1 saturated heterocycles. The SMILES string of the molecule is O=C(NC1CC2CC1CN2)c1ccc(-c2cccc(Cl)c2)s1. The molecule has 3 atom stereocenters. The van der Waals surface area contributed by atoms with Gasteiger partial charge in [0.25, 0.3) is 5.91 Å². The third-order valence-electron chi connectivity index (χ3n) is 4.62. The van der Waals surface area contributed by atoms with E-state index in [0.29, 0.717) is 23.0 Å². The second-order valence-corrected chi connectivity index (χ2v) is 7.61. The molecule has 5 heteroatoms. The molecule has 1 aromatic heterocycles. The van der Waals surface area contributed by atoms with Crippen molar-refractivity contribution in [3.8, 4) is 10.4 Å². The second-order valence-electron chi connectivity index (χ2n) is 6.09. The molecule has 2 fully saturated rings. The number of hydrogen-bond donors (Lipinski definition) is 2. The number of piperidine rings is 1. The molecule has 4 rings (SSSR count). The van der Waals surface area contributed by atoms with Crippen molar-refractivity contribution in [2.24, 2.45) is 5.92 Å². The van der Waals surface area contributed by atoms with Gasteiger partial charge in [0.2, 0.25) is 0 Å². The van der Waals surface area contributed by atoms with Gasteiger partial charge in [-0.05, 0) is 48.6 Å². The Morgan fingerprint density at radius 2 is 2.18 bits per heavy atom. The highest BCUT2D eigenvalue weighted by Crippen LogP contribution is 2.33. The minimum atomic E-state index is 0.0517. The monoisotopic (exact) mass is 332 g/mol. The number of halogens is 1. The van der Waals surface area contributed by atoms with Crippen LogP contribution in [0, 0.1) is 5.92 Å². The second kappa shape index (κ2) is 5.69. The Labute approximate surface area is 138 Å². The summed E-state index contributed by atoms with van der Waals surface area (Å²) in [7, 11) is 0. The summed E-state index contributed by atoms with van der Waals surface area (Å²) in [5.41, 5.74) is 1.06. The van der Waals surface area contributed by atoms with Gasteiger partial charge in [-0.2, -0.15) is 0 Å². The number of carbonyl (C=O) groups is 1. The van der Waals surface area contributed by atoms with Crippen LogP contribution in [0.25, 0.3) is 10.4 Å². The zero-order chi connectivity index (χ0) is 15.1. The molecule has 1 saturated carbocycles. The molecule has 2 aromatic rings. The molecule has 0 spiro atoms. The van der Waals surface area contributed by atoms with E-state index < -0.39 is 0 Å². The lowest BCUT2D eigenvalue weighted by molar-refractivity contribution is 0.0929. The van der Waals surface area contributed by atoms with E-state index in [4.69, 9.17) is 11.6 Å². The third kappa shape index (κ3) is 2.67. The standard InChI is InChI=1S/C17H17ClN2OS/c18-12-3-1-2-10(6-12)15-4-5-16(22-15)17(21)20-14-8-13-7-11(14)9-19-13/h1-6,11,13-14,19H,7-9H2,(H,20,21). The molecule has 3 unspecified atom stereocenters. The average Bonchev–Trinajstić information content (AvgIpc) is 3.23. The van der Waals surface area contributed by atoms with Gasteiger partial charge in [-0.1, -0.05) is 23.7 Å². The van der Waals surface area contributed by atoms with E-state index in [-0.39, 0.29) is 5.91 Å². The summed E-state index contributed by atoms with van der Waals surface area (Å²) >= 11 is 7.55. The number of thiophene rings is 1. The molecule has 3 nitrogen and oxygen atoms in total. The van der Waals surface area contributed by atoms with Crippen LogP contribution in [0.3, 0.4) is 0 Å². The lowest BCUT2D eigenvalue weighted by atomic mass is 10.0. The Bertz CT molecular complexity index is 714. The highest BCUT2D eigenvalue weighted by Gasteiger charge is 2.40. The molecule has 2 bridgehead atoms. The van der Waals surface area contributed by atoms with E-state index in [1.165, 1.54) is 17.8 Å². The molecule has 2 heterocycles. The average molecular weight is 333 g/mol. The maximum Gasteiger partial charge on any atom is 0.261 e. The first kappa shape index (κ1) is 14.2. The molecule has 2 aliphatic rings. The lowest BCUT2D eigenvalue weighted by Gasteiger charge is -2.23. The minimum absolute atomic E-state index is 0.0517. The molecule has 0 radical (unpaired) electrons. The van der Waals surface area contributed by atoms with Crippen LogP contribution in [0.4, 0.5) is 0 Å². The van der Waals surface area contributed by atoms with Crippen LogP contribution >= 0.6 is 22.9 Å². The van der Waals surface area contributed by atoms with Gasteiger partial charge in [-0.15, -0.1) is 11.3 Å². The Kier molecular flexibility index (Phi) is 3.68. The number of carbonyl (C=O) groups excluding carboxylic acids is 1. The van der Waals surface area contributed by atoms with Crippen LogP contribution in [0.15, 0.2) is 36.4 Å². The normalized spacial score (nSPS) is 26.3. The van der Waals surface area contributed by atoms with Crippen molar-refractivity contribution in [2.45, 2.75) is 24.9 Å². The van der Waals surface area contributed by atoms with E-state index in [1.807, 2.05) is 36.4 Å². The highest BCUT2D eigenvalue weighted by atomic mass is 35.5. The smallest absolute Gasteiger partial charge is 0.261 e. The van der Waals surface area contributed by atoms with Crippen molar-refractivity contribution < 1.29 is 4.79 Å². The molecule has 22 heavy (non-hydrogen) atoms. The van der Waals surface area contributed by atoms with E-state index >= 15 is 0 Å². The number of amides is 1. The van der Waals surface area contributed by atoms with E-state index in [2.05, 4.69) is 10.6 Å². The summed E-state index contributed by atoms with van der Waals surface area (Å²) in [4.78, 5) is 14.3. The van der Waals surface area contributed by atoms with Crippen molar-refractivity contribution in [3.05, 3.63) is 46.3 Å². The van der Waals surface area contributed by atoms with Gasteiger partial charge >= 0.3 is 0 Å². The first-order valence-electron chi connectivity index (χ1n) is 7.59. The quantitative estimate of drug-likeness (QED) is 0.902. The summed E-state index contributed by atoms with van der Waals surface area (Å²) in [6.45, 7) is 1.04. The van der Waals surface area contributed by atoms with Crippen LogP contribution in [-0.4, -0.2) is 24.5 Å². The summed E-state index contributed by atoms with van der Waals surface area (Å²) in [5.74, 6) is 0.650. The van der Waals surface area contributed by atoms with Crippen LogP contribution in [0.2, 0.25) is 5.02 Å². The topological polar surface area (TPSA) is 41.1 Å². The largest absolute Gasteiger partial charge is 0.348 e. The van der Waals surface area contributed by atoms with Crippen molar-refractivity contribution in [1.29, 1.82) is 0 Å². The number of benzene rings is 1. The van der Waals surface area contributed by atoms with E-state index in [9.17, 15) is 4.79 Å². The van der Waals surface area contributed by atoms with Crippen LogP contribution in [-0.2, 0) is 0 Å². The molecular formula is C17H17ClN2OS. The summed E-state index contributed by atoms with van der Waals surface area (Å²) < 4.78 is 0. The van der Waals surface area contributed by atoms with Gasteiger partial charge in [0, 0.05) is 28.5 Å². The van der Waals surface area contributed by atoms with Gasteiger partial charge < -0.3 is 10.6 Å². The molecule has 1 amide bonds. The van der Waals surface area contributed by atoms with E-state index in [0.717, 1.165) is 28.3 Å². The summed E-state index contributed by atoms with van der Waals surface area (Å²) in [6.07, 6.45) is 2.26. The van der Waals surface area contributed by atoms with Gasteiger partial charge in [-0.3, -0.25) is 4.79 Å². The molecule has 1 aliphatic heterocycles. The first-order chi connectivity index (χ1) is 10.7. The maximum atomic E-state index is 12.4. The Morgan fingerprint density at radius 1 is 1.27 bits per heavy atom. The van der Waals surface area contributed by atoms with Gasteiger partial charge in [0.05, 0.1) is 4.88 Å².